The number of carbonyl (C=O) groups excluding carboxylic acids is 1. The van der Waals surface area contributed by atoms with E-state index in [0.717, 1.165) is 10.8 Å². The Bertz CT molecular complexity index is 183. The van der Waals surface area contributed by atoms with Gasteiger partial charge in [0.15, 0.2) is 0 Å². The molecule has 0 aromatic carbocycles. The predicted molar refractivity (Wildman–Crippen MR) is 81.7 cm³/mol. The van der Waals surface area contributed by atoms with Crippen molar-refractivity contribution in [3.63, 3.8) is 0 Å². The fourth-order valence-electron chi connectivity index (χ4n) is 1.91. The summed E-state index contributed by atoms with van der Waals surface area (Å²) in [4.78, 5) is 10.8. The summed E-state index contributed by atoms with van der Waals surface area (Å²) in [5, 5.41) is 0. The maximum atomic E-state index is 10.8. The van der Waals surface area contributed by atoms with E-state index in [2.05, 4.69) is 29.5 Å². The van der Waals surface area contributed by atoms with Crippen LogP contribution >= 0.6 is 22.6 Å². The summed E-state index contributed by atoms with van der Waals surface area (Å²) in [5.74, 6) is -0.147. The van der Waals surface area contributed by atoms with Gasteiger partial charge >= 0.3 is 5.97 Å². The van der Waals surface area contributed by atoms with Gasteiger partial charge in [0.05, 0.1) is 0 Å². The van der Waals surface area contributed by atoms with Crippen LogP contribution in [0.1, 0.15) is 71.6 Å². The zero-order valence-electron chi connectivity index (χ0n) is 11.3. The third kappa shape index (κ3) is 12.4. The monoisotopic (exact) mass is 354 g/mol. The van der Waals surface area contributed by atoms with E-state index in [1.807, 2.05) is 0 Å². The minimum Gasteiger partial charge on any atom is -0.462 e. The zero-order chi connectivity index (χ0) is 12.9. The van der Waals surface area contributed by atoms with Crippen LogP contribution in [0.25, 0.3) is 0 Å². The Balaban J connectivity index is 3.28. The maximum Gasteiger partial charge on any atom is 0.302 e. The molecule has 17 heavy (non-hydrogen) atoms. The third-order valence-electron chi connectivity index (χ3n) is 2.88. The van der Waals surface area contributed by atoms with Gasteiger partial charge in [-0.05, 0) is 12.8 Å². The standard InChI is InChI=1S/C14H27IO2/c1-3-4-5-6-7-8-9-10-11-14(12-15)17-13(2)16/h14H,3-12H2,1-2H3. The average Bonchev–Trinajstić information content (AvgIpc) is 2.30. The minimum atomic E-state index is -0.147. The molecule has 102 valence electrons. The van der Waals surface area contributed by atoms with E-state index in [4.69, 9.17) is 4.74 Å². The van der Waals surface area contributed by atoms with Crippen molar-refractivity contribution in [2.24, 2.45) is 0 Å². The summed E-state index contributed by atoms with van der Waals surface area (Å²) in [6, 6.07) is 0. The molecule has 0 amide bonds. The van der Waals surface area contributed by atoms with E-state index in [0.29, 0.717) is 0 Å². The van der Waals surface area contributed by atoms with E-state index in [1.54, 1.807) is 0 Å². The molecule has 0 fully saturated rings. The van der Waals surface area contributed by atoms with E-state index in [1.165, 1.54) is 58.3 Å². The van der Waals surface area contributed by atoms with Crippen molar-refractivity contribution < 1.29 is 9.53 Å². The highest BCUT2D eigenvalue weighted by Crippen LogP contribution is 2.13. The molecular formula is C14H27IO2. The molecule has 0 aliphatic heterocycles. The number of carbonyl (C=O) groups is 1. The predicted octanol–water partition coefficient (Wildman–Crippen LogP) is 4.88. The molecule has 0 aliphatic rings. The van der Waals surface area contributed by atoms with E-state index < -0.39 is 0 Å². The Kier molecular flexibility index (Phi) is 12.8. The Morgan fingerprint density at radius 2 is 1.59 bits per heavy atom. The summed E-state index contributed by atoms with van der Waals surface area (Å²) in [5.41, 5.74) is 0. The summed E-state index contributed by atoms with van der Waals surface area (Å²) in [6.07, 6.45) is 11.8. The van der Waals surface area contributed by atoms with Crippen LogP contribution in [0.4, 0.5) is 0 Å². The molecule has 0 radical (unpaired) electrons. The fraction of sp³-hybridized carbons (Fsp3) is 0.929. The SMILES string of the molecule is CCCCCCCCCCC(CI)OC(C)=O. The number of hydrogen-bond donors (Lipinski definition) is 0. The number of halogens is 1. The summed E-state index contributed by atoms with van der Waals surface area (Å²) >= 11 is 2.29. The first-order valence-electron chi connectivity index (χ1n) is 6.93. The van der Waals surface area contributed by atoms with Crippen molar-refractivity contribution in [1.82, 2.24) is 0 Å². The molecule has 0 aromatic rings. The smallest absolute Gasteiger partial charge is 0.302 e. The molecule has 0 saturated carbocycles. The second-order valence-electron chi connectivity index (χ2n) is 4.65. The molecule has 0 bridgehead atoms. The lowest BCUT2D eigenvalue weighted by atomic mass is 10.1. The van der Waals surface area contributed by atoms with Crippen molar-refractivity contribution >= 4 is 28.6 Å². The van der Waals surface area contributed by atoms with Crippen molar-refractivity contribution in [2.75, 3.05) is 4.43 Å². The number of alkyl halides is 1. The van der Waals surface area contributed by atoms with Gasteiger partial charge in [0.1, 0.15) is 6.10 Å². The molecule has 0 N–H and O–H groups in total. The maximum absolute atomic E-state index is 10.8. The third-order valence-corrected chi connectivity index (χ3v) is 3.87. The molecule has 0 spiro atoms. The molecule has 1 atom stereocenters. The first kappa shape index (κ1) is 17.2. The van der Waals surface area contributed by atoms with E-state index >= 15 is 0 Å². The molecule has 0 heterocycles. The van der Waals surface area contributed by atoms with Crippen molar-refractivity contribution in [2.45, 2.75) is 77.7 Å². The molecule has 2 nitrogen and oxygen atoms in total. The number of unbranched alkanes of at least 4 members (excludes halogenated alkanes) is 7. The van der Waals surface area contributed by atoms with E-state index in [9.17, 15) is 4.79 Å². The largest absolute Gasteiger partial charge is 0.462 e. The van der Waals surface area contributed by atoms with E-state index in [-0.39, 0.29) is 12.1 Å². The Morgan fingerprint density at radius 1 is 1.06 bits per heavy atom. The van der Waals surface area contributed by atoms with Crippen LogP contribution in [-0.4, -0.2) is 16.5 Å². The highest BCUT2D eigenvalue weighted by Gasteiger charge is 2.09. The van der Waals surface area contributed by atoms with Gasteiger partial charge in [0.25, 0.3) is 0 Å². The van der Waals surface area contributed by atoms with Crippen molar-refractivity contribution in [3.05, 3.63) is 0 Å². The van der Waals surface area contributed by atoms with Crippen molar-refractivity contribution in [3.8, 4) is 0 Å². The molecule has 0 aliphatic carbocycles. The molecule has 0 aromatic heterocycles. The van der Waals surface area contributed by atoms with Crippen LogP contribution < -0.4 is 0 Å². The van der Waals surface area contributed by atoms with Gasteiger partial charge < -0.3 is 4.74 Å². The lowest BCUT2D eigenvalue weighted by Crippen LogP contribution is -2.17. The van der Waals surface area contributed by atoms with Gasteiger partial charge in [-0.3, -0.25) is 4.79 Å². The summed E-state index contributed by atoms with van der Waals surface area (Å²) in [7, 11) is 0. The van der Waals surface area contributed by atoms with Gasteiger partial charge in [0.2, 0.25) is 0 Å². The molecular weight excluding hydrogens is 327 g/mol. The van der Waals surface area contributed by atoms with Crippen molar-refractivity contribution in [1.29, 1.82) is 0 Å². The van der Waals surface area contributed by atoms with Crippen LogP contribution in [0.3, 0.4) is 0 Å². The summed E-state index contributed by atoms with van der Waals surface area (Å²) in [6.45, 7) is 3.74. The highest BCUT2D eigenvalue weighted by molar-refractivity contribution is 14.1. The average molecular weight is 354 g/mol. The van der Waals surface area contributed by atoms with Gasteiger partial charge in [-0.2, -0.15) is 0 Å². The molecule has 1 unspecified atom stereocenters. The van der Waals surface area contributed by atoms with Gasteiger partial charge in [0, 0.05) is 11.4 Å². The molecule has 3 heteroatoms. The topological polar surface area (TPSA) is 26.3 Å². The van der Waals surface area contributed by atoms with Crippen LogP contribution in [0.5, 0.6) is 0 Å². The second kappa shape index (κ2) is 12.7. The number of hydrogen-bond acceptors (Lipinski definition) is 2. The molecule has 0 rings (SSSR count). The molecule has 0 saturated heterocycles. The number of rotatable bonds is 11. The first-order valence-corrected chi connectivity index (χ1v) is 8.46. The van der Waals surface area contributed by atoms with Gasteiger partial charge in [-0.25, -0.2) is 0 Å². The zero-order valence-corrected chi connectivity index (χ0v) is 13.5. The Labute approximate surface area is 120 Å². The lowest BCUT2D eigenvalue weighted by Gasteiger charge is -2.13. The minimum absolute atomic E-state index is 0.133. The Hall–Kier alpha value is 0.200. The normalized spacial score (nSPS) is 12.4. The fourth-order valence-corrected chi connectivity index (χ4v) is 2.53. The summed E-state index contributed by atoms with van der Waals surface area (Å²) < 4.78 is 6.12. The Morgan fingerprint density at radius 3 is 2.06 bits per heavy atom. The van der Waals surface area contributed by atoms with Gasteiger partial charge in [-0.1, -0.05) is 74.5 Å². The lowest BCUT2D eigenvalue weighted by molar-refractivity contribution is -0.145. The van der Waals surface area contributed by atoms with Crippen LogP contribution in [0, 0.1) is 0 Å². The highest BCUT2D eigenvalue weighted by atomic mass is 127. The quantitative estimate of drug-likeness (QED) is 0.229. The second-order valence-corrected chi connectivity index (χ2v) is 5.53. The van der Waals surface area contributed by atoms with Gasteiger partial charge in [-0.15, -0.1) is 0 Å². The van der Waals surface area contributed by atoms with Crippen LogP contribution in [0.15, 0.2) is 0 Å². The van der Waals surface area contributed by atoms with Crippen LogP contribution in [-0.2, 0) is 9.53 Å². The number of esters is 1. The van der Waals surface area contributed by atoms with Crippen LogP contribution in [0.2, 0.25) is 0 Å². The number of ether oxygens (including phenoxy) is 1. The first-order chi connectivity index (χ1) is 8.20.